The summed E-state index contributed by atoms with van der Waals surface area (Å²) in [6, 6.07) is 6.95. The number of carboxylic acid groups (broad SMARTS) is 1. The number of halogens is 1. The Kier molecular flexibility index (Phi) is 4.33. The van der Waals surface area contributed by atoms with Crippen molar-refractivity contribution in [2.45, 2.75) is 44.1 Å². The third-order valence-electron chi connectivity index (χ3n) is 3.90. The zero-order chi connectivity index (χ0) is 14.8. The summed E-state index contributed by atoms with van der Waals surface area (Å²) >= 11 is 5.88. The van der Waals surface area contributed by atoms with E-state index in [9.17, 15) is 9.59 Å². The SMILES string of the molecule is C[C@H](CC(=O)O)NC(=O)C1(c2ccc(Cl)cc2)CCC1. The van der Waals surface area contributed by atoms with Gasteiger partial charge in [-0.05, 0) is 37.5 Å². The van der Waals surface area contributed by atoms with Gasteiger partial charge in [0.05, 0.1) is 11.8 Å². The topological polar surface area (TPSA) is 66.4 Å². The van der Waals surface area contributed by atoms with Gasteiger partial charge >= 0.3 is 5.97 Å². The number of carbonyl (C=O) groups is 2. The van der Waals surface area contributed by atoms with E-state index < -0.39 is 11.4 Å². The van der Waals surface area contributed by atoms with Crippen molar-refractivity contribution in [2.24, 2.45) is 0 Å². The van der Waals surface area contributed by atoms with Crippen LogP contribution >= 0.6 is 11.6 Å². The Morgan fingerprint density at radius 1 is 1.35 bits per heavy atom. The molecule has 4 nitrogen and oxygen atoms in total. The van der Waals surface area contributed by atoms with E-state index in [1.807, 2.05) is 12.1 Å². The van der Waals surface area contributed by atoms with Gasteiger partial charge < -0.3 is 10.4 Å². The molecule has 5 heteroatoms. The third kappa shape index (κ3) is 2.96. The Morgan fingerprint density at radius 3 is 2.40 bits per heavy atom. The Balaban J connectivity index is 2.12. The molecule has 0 radical (unpaired) electrons. The van der Waals surface area contributed by atoms with Crippen LogP contribution in [0.2, 0.25) is 5.02 Å². The van der Waals surface area contributed by atoms with Gasteiger partial charge in [-0.2, -0.15) is 0 Å². The second kappa shape index (κ2) is 5.83. The molecule has 0 spiro atoms. The molecule has 0 bridgehead atoms. The molecule has 2 N–H and O–H groups in total. The van der Waals surface area contributed by atoms with Crippen molar-refractivity contribution in [1.29, 1.82) is 0 Å². The average molecular weight is 296 g/mol. The van der Waals surface area contributed by atoms with Crippen LogP contribution in [0.5, 0.6) is 0 Å². The van der Waals surface area contributed by atoms with Crippen LogP contribution in [0.1, 0.15) is 38.2 Å². The summed E-state index contributed by atoms with van der Waals surface area (Å²) in [4.78, 5) is 23.2. The van der Waals surface area contributed by atoms with Crippen LogP contribution in [0.4, 0.5) is 0 Å². The van der Waals surface area contributed by atoms with Gasteiger partial charge in [0.2, 0.25) is 5.91 Å². The second-order valence-electron chi connectivity index (χ2n) is 5.41. The molecule has 0 heterocycles. The van der Waals surface area contributed by atoms with Gasteiger partial charge in [-0.1, -0.05) is 30.2 Å². The lowest BCUT2D eigenvalue weighted by Gasteiger charge is -2.41. The minimum absolute atomic E-state index is 0.0670. The molecule has 1 aromatic rings. The van der Waals surface area contributed by atoms with Crippen molar-refractivity contribution in [3.63, 3.8) is 0 Å². The molecule has 1 aliphatic carbocycles. The fourth-order valence-electron chi connectivity index (χ4n) is 2.62. The summed E-state index contributed by atoms with van der Waals surface area (Å²) in [5.74, 6) is -0.994. The summed E-state index contributed by atoms with van der Waals surface area (Å²) in [7, 11) is 0. The number of hydrogen-bond donors (Lipinski definition) is 2. The molecular weight excluding hydrogens is 278 g/mol. The lowest BCUT2D eigenvalue weighted by atomic mass is 9.63. The maximum Gasteiger partial charge on any atom is 0.305 e. The molecular formula is C15H18ClNO3. The summed E-state index contributed by atoms with van der Waals surface area (Å²) in [6.45, 7) is 1.71. The lowest BCUT2D eigenvalue weighted by molar-refractivity contribution is -0.138. The van der Waals surface area contributed by atoms with E-state index in [4.69, 9.17) is 16.7 Å². The highest BCUT2D eigenvalue weighted by molar-refractivity contribution is 6.30. The van der Waals surface area contributed by atoms with E-state index in [2.05, 4.69) is 5.32 Å². The van der Waals surface area contributed by atoms with Crippen LogP contribution in [0.15, 0.2) is 24.3 Å². The second-order valence-corrected chi connectivity index (χ2v) is 5.85. The minimum atomic E-state index is -0.910. The number of carboxylic acids is 1. The van der Waals surface area contributed by atoms with Crippen LogP contribution in [0.25, 0.3) is 0 Å². The maximum absolute atomic E-state index is 12.5. The molecule has 0 unspecified atom stereocenters. The van der Waals surface area contributed by atoms with Gasteiger partial charge in [-0.25, -0.2) is 0 Å². The molecule has 20 heavy (non-hydrogen) atoms. The van der Waals surface area contributed by atoms with E-state index in [0.717, 1.165) is 24.8 Å². The summed E-state index contributed by atoms with van der Waals surface area (Å²) in [5.41, 5.74) is 0.435. The maximum atomic E-state index is 12.5. The first kappa shape index (κ1) is 14.9. The number of hydrogen-bond acceptors (Lipinski definition) is 2. The Morgan fingerprint density at radius 2 is 1.95 bits per heavy atom. The van der Waals surface area contributed by atoms with E-state index in [1.165, 1.54) is 0 Å². The van der Waals surface area contributed by atoms with Crippen molar-refractivity contribution < 1.29 is 14.7 Å². The van der Waals surface area contributed by atoms with Crippen LogP contribution in [0.3, 0.4) is 0 Å². The van der Waals surface area contributed by atoms with Crippen molar-refractivity contribution in [2.75, 3.05) is 0 Å². The number of rotatable bonds is 5. The summed E-state index contributed by atoms with van der Waals surface area (Å²) in [5, 5.41) is 12.2. The number of nitrogens with one attached hydrogen (secondary N) is 1. The van der Waals surface area contributed by atoms with Crippen molar-refractivity contribution in [3.05, 3.63) is 34.9 Å². The standard InChI is InChI=1S/C15H18ClNO3/c1-10(9-13(18)19)17-14(20)15(7-2-8-15)11-3-5-12(16)6-4-11/h3-6,10H,2,7-9H2,1H3,(H,17,20)(H,18,19)/t10-/m1/s1. The minimum Gasteiger partial charge on any atom is -0.481 e. The number of aliphatic carboxylic acids is 1. The predicted molar refractivity (Wildman–Crippen MR) is 76.8 cm³/mol. The van der Waals surface area contributed by atoms with Crippen LogP contribution in [0, 0.1) is 0 Å². The molecule has 0 aromatic heterocycles. The Hall–Kier alpha value is -1.55. The highest BCUT2D eigenvalue weighted by Crippen LogP contribution is 2.44. The smallest absolute Gasteiger partial charge is 0.305 e. The highest BCUT2D eigenvalue weighted by Gasteiger charge is 2.45. The van der Waals surface area contributed by atoms with Gasteiger partial charge in [-0.3, -0.25) is 9.59 Å². The molecule has 1 saturated carbocycles. The average Bonchev–Trinajstić information content (AvgIpc) is 2.28. The predicted octanol–water partition coefficient (Wildman–Crippen LogP) is 2.74. The van der Waals surface area contributed by atoms with Crippen molar-refractivity contribution >= 4 is 23.5 Å². The molecule has 0 aliphatic heterocycles. The quantitative estimate of drug-likeness (QED) is 0.878. The monoisotopic (exact) mass is 295 g/mol. The van der Waals surface area contributed by atoms with Crippen molar-refractivity contribution in [1.82, 2.24) is 5.32 Å². The van der Waals surface area contributed by atoms with Crippen molar-refractivity contribution in [3.8, 4) is 0 Å². The van der Waals surface area contributed by atoms with Gasteiger partial charge in [0.25, 0.3) is 0 Å². The van der Waals surface area contributed by atoms with Crippen LogP contribution in [-0.2, 0) is 15.0 Å². The molecule has 108 valence electrons. The zero-order valence-electron chi connectivity index (χ0n) is 11.4. The molecule has 0 saturated heterocycles. The fourth-order valence-corrected chi connectivity index (χ4v) is 2.75. The fraction of sp³-hybridized carbons (Fsp3) is 0.467. The lowest BCUT2D eigenvalue weighted by Crippen LogP contribution is -2.51. The molecule has 1 amide bonds. The molecule has 1 aromatic carbocycles. The van der Waals surface area contributed by atoms with Crippen LogP contribution in [-0.4, -0.2) is 23.0 Å². The molecule has 1 fully saturated rings. The first-order chi connectivity index (χ1) is 9.44. The third-order valence-corrected chi connectivity index (χ3v) is 4.15. The van der Waals surface area contributed by atoms with Gasteiger partial charge in [-0.15, -0.1) is 0 Å². The Bertz CT molecular complexity index is 508. The first-order valence-electron chi connectivity index (χ1n) is 6.73. The largest absolute Gasteiger partial charge is 0.481 e. The van der Waals surface area contributed by atoms with E-state index in [-0.39, 0.29) is 18.4 Å². The van der Waals surface area contributed by atoms with E-state index in [1.54, 1.807) is 19.1 Å². The molecule has 1 atom stereocenters. The number of carbonyl (C=O) groups excluding carboxylic acids is 1. The van der Waals surface area contributed by atoms with Gasteiger partial charge in [0.15, 0.2) is 0 Å². The van der Waals surface area contributed by atoms with E-state index >= 15 is 0 Å². The van der Waals surface area contributed by atoms with Crippen LogP contribution < -0.4 is 5.32 Å². The Labute approximate surface area is 123 Å². The molecule has 1 aliphatic rings. The first-order valence-corrected chi connectivity index (χ1v) is 7.11. The van der Waals surface area contributed by atoms with Gasteiger partial charge in [0.1, 0.15) is 0 Å². The highest BCUT2D eigenvalue weighted by atomic mass is 35.5. The van der Waals surface area contributed by atoms with E-state index in [0.29, 0.717) is 5.02 Å². The normalized spacial score (nSPS) is 17.9. The molecule has 2 rings (SSSR count). The summed E-state index contributed by atoms with van der Waals surface area (Å²) in [6.07, 6.45) is 2.52. The number of benzene rings is 1. The number of amides is 1. The zero-order valence-corrected chi connectivity index (χ0v) is 12.1. The summed E-state index contributed by atoms with van der Waals surface area (Å²) < 4.78 is 0. The van der Waals surface area contributed by atoms with Gasteiger partial charge in [0, 0.05) is 11.1 Å².